The molecule has 0 aromatic heterocycles. The van der Waals surface area contributed by atoms with E-state index in [-0.39, 0.29) is 17.2 Å². The summed E-state index contributed by atoms with van der Waals surface area (Å²) in [7, 11) is 0. The summed E-state index contributed by atoms with van der Waals surface area (Å²) in [5.41, 5.74) is -0.577. The Labute approximate surface area is 86.0 Å². The highest BCUT2D eigenvalue weighted by Crippen LogP contribution is 2.37. The molecule has 1 N–H and O–H groups in total. The van der Waals surface area contributed by atoms with Crippen LogP contribution in [0, 0.1) is 12.5 Å². The molecule has 80 valence electrons. The standard InChI is InChI=1S/C11H19NO2/c1-6-14-9-7-10(2,3)12(13)11(4,5)8-9/h1,9,13H,7-8H2,2-5H3. The Kier molecular flexibility index (Phi) is 2.80. The topological polar surface area (TPSA) is 32.7 Å². The minimum absolute atomic E-state index is 0.0356. The van der Waals surface area contributed by atoms with Crippen LogP contribution < -0.4 is 0 Å². The third kappa shape index (κ3) is 2.02. The Morgan fingerprint density at radius 2 is 1.71 bits per heavy atom. The van der Waals surface area contributed by atoms with E-state index in [1.807, 2.05) is 27.7 Å². The maximum atomic E-state index is 9.98. The Balaban J connectivity index is 2.81. The van der Waals surface area contributed by atoms with Crippen molar-refractivity contribution in [2.24, 2.45) is 0 Å². The summed E-state index contributed by atoms with van der Waals surface area (Å²) >= 11 is 0. The molecular weight excluding hydrogens is 178 g/mol. The van der Waals surface area contributed by atoms with Gasteiger partial charge in [-0.2, -0.15) is 5.06 Å². The fourth-order valence-corrected chi connectivity index (χ4v) is 2.36. The zero-order valence-corrected chi connectivity index (χ0v) is 9.37. The smallest absolute Gasteiger partial charge is 0.114 e. The Hall–Kier alpha value is -0.720. The van der Waals surface area contributed by atoms with Crippen LogP contribution in [-0.2, 0) is 4.74 Å². The molecule has 0 bridgehead atoms. The number of hydrogen-bond donors (Lipinski definition) is 1. The van der Waals surface area contributed by atoms with Crippen LogP contribution in [0.1, 0.15) is 40.5 Å². The van der Waals surface area contributed by atoms with Gasteiger partial charge >= 0.3 is 0 Å². The maximum absolute atomic E-state index is 9.98. The van der Waals surface area contributed by atoms with Gasteiger partial charge in [0.05, 0.1) is 0 Å². The summed E-state index contributed by atoms with van der Waals surface area (Å²) in [6.45, 7) is 7.95. The lowest BCUT2D eigenvalue weighted by Crippen LogP contribution is -2.60. The van der Waals surface area contributed by atoms with E-state index >= 15 is 0 Å². The highest BCUT2D eigenvalue weighted by Gasteiger charge is 2.45. The molecule has 0 radical (unpaired) electrons. The normalized spacial score (nSPS) is 26.9. The molecule has 1 saturated heterocycles. The molecular formula is C11H19NO2. The van der Waals surface area contributed by atoms with E-state index in [0.29, 0.717) is 0 Å². The number of terminal acetylenes is 1. The summed E-state index contributed by atoms with van der Waals surface area (Å²) in [6.07, 6.45) is 8.88. The van der Waals surface area contributed by atoms with Crippen molar-refractivity contribution in [1.82, 2.24) is 5.06 Å². The number of hydrogen-bond acceptors (Lipinski definition) is 3. The molecule has 0 atom stereocenters. The van der Waals surface area contributed by atoms with E-state index in [0.717, 1.165) is 12.8 Å². The second-order valence-electron chi connectivity index (χ2n) is 5.20. The van der Waals surface area contributed by atoms with Gasteiger partial charge in [0, 0.05) is 23.9 Å². The largest absolute Gasteiger partial charge is 0.443 e. The molecule has 1 heterocycles. The second kappa shape index (κ2) is 3.45. The molecule has 0 aliphatic carbocycles. The van der Waals surface area contributed by atoms with Gasteiger partial charge in [0.2, 0.25) is 0 Å². The van der Waals surface area contributed by atoms with Gasteiger partial charge in [-0.1, -0.05) is 6.42 Å². The third-order valence-corrected chi connectivity index (χ3v) is 2.84. The minimum atomic E-state index is -0.288. The van der Waals surface area contributed by atoms with Gasteiger partial charge in [-0.05, 0) is 27.7 Å². The Morgan fingerprint density at radius 1 is 1.29 bits per heavy atom. The van der Waals surface area contributed by atoms with Gasteiger partial charge in [-0.15, -0.1) is 0 Å². The maximum Gasteiger partial charge on any atom is 0.114 e. The highest BCUT2D eigenvalue weighted by atomic mass is 16.5. The molecule has 0 unspecified atom stereocenters. The first kappa shape index (κ1) is 11.4. The van der Waals surface area contributed by atoms with Crippen molar-refractivity contribution in [2.45, 2.75) is 57.7 Å². The molecule has 1 aliphatic rings. The van der Waals surface area contributed by atoms with E-state index < -0.39 is 0 Å². The van der Waals surface area contributed by atoms with Crippen LogP contribution in [-0.4, -0.2) is 27.5 Å². The lowest BCUT2D eigenvalue weighted by molar-refractivity contribution is -0.256. The Morgan fingerprint density at radius 3 is 2.07 bits per heavy atom. The van der Waals surface area contributed by atoms with Crippen molar-refractivity contribution >= 4 is 0 Å². The SMILES string of the molecule is C#COC1CC(C)(C)N(O)C(C)(C)C1. The van der Waals surface area contributed by atoms with Gasteiger partial charge in [-0.3, -0.25) is 0 Å². The van der Waals surface area contributed by atoms with E-state index in [4.69, 9.17) is 11.2 Å². The molecule has 0 saturated carbocycles. The first-order valence-electron chi connectivity index (χ1n) is 4.90. The molecule has 3 heteroatoms. The van der Waals surface area contributed by atoms with E-state index in [1.54, 1.807) is 0 Å². The fraction of sp³-hybridized carbons (Fsp3) is 0.818. The van der Waals surface area contributed by atoms with Crippen molar-refractivity contribution in [3.63, 3.8) is 0 Å². The monoisotopic (exact) mass is 197 g/mol. The first-order chi connectivity index (χ1) is 6.29. The number of piperidine rings is 1. The predicted octanol–water partition coefficient (Wildman–Crippen LogP) is 2.00. The van der Waals surface area contributed by atoms with Crippen LogP contribution in [0.4, 0.5) is 0 Å². The highest BCUT2D eigenvalue weighted by molar-refractivity contribution is 4.97. The van der Waals surface area contributed by atoms with E-state index in [1.165, 1.54) is 5.06 Å². The van der Waals surface area contributed by atoms with Gasteiger partial charge in [-0.25, -0.2) is 0 Å². The fourth-order valence-electron chi connectivity index (χ4n) is 2.36. The average Bonchev–Trinajstić information content (AvgIpc) is 1.99. The van der Waals surface area contributed by atoms with Crippen molar-refractivity contribution in [2.75, 3.05) is 0 Å². The first-order valence-corrected chi connectivity index (χ1v) is 4.90. The van der Waals surface area contributed by atoms with Gasteiger partial charge in [0.1, 0.15) is 12.2 Å². The lowest BCUT2D eigenvalue weighted by Gasteiger charge is -2.50. The summed E-state index contributed by atoms with van der Waals surface area (Å²) in [4.78, 5) is 0. The molecule has 3 nitrogen and oxygen atoms in total. The van der Waals surface area contributed by atoms with Gasteiger partial charge < -0.3 is 9.94 Å². The minimum Gasteiger partial charge on any atom is -0.443 e. The van der Waals surface area contributed by atoms with E-state index in [2.05, 4.69) is 6.11 Å². The van der Waals surface area contributed by atoms with E-state index in [9.17, 15) is 5.21 Å². The molecule has 1 rings (SSSR count). The summed E-state index contributed by atoms with van der Waals surface area (Å²) in [5, 5.41) is 11.4. The van der Waals surface area contributed by atoms with Crippen molar-refractivity contribution < 1.29 is 9.94 Å². The molecule has 0 aromatic carbocycles. The van der Waals surface area contributed by atoms with Crippen LogP contribution in [0.2, 0.25) is 0 Å². The quantitative estimate of drug-likeness (QED) is 0.653. The molecule has 0 spiro atoms. The number of rotatable bonds is 1. The lowest BCUT2D eigenvalue weighted by atomic mass is 9.80. The van der Waals surface area contributed by atoms with Crippen LogP contribution in [0.5, 0.6) is 0 Å². The molecule has 14 heavy (non-hydrogen) atoms. The zero-order valence-electron chi connectivity index (χ0n) is 9.37. The average molecular weight is 197 g/mol. The van der Waals surface area contributed by atoms with Gasteiger partial charge in [0.15, 0.2) is 0 Å². The van der Waals surface area contributed by atoms with Crippen LogP contribution in [0.15, 0.2) is 0 Å². The zero-order chi connectivity index (χ0) is 11.0. The third-order valence-electron chi connectivity index (χ3n) is 2.84. The van der Waals surface area contributed by atoms with Crippen LogP contribution >= 0.6 is 0 Å². The van der Waals surface area contributed by atoms with Crippen LogP contribution in [0.25, 0.3) is 0 Å². The second-order valence-corrected chi connectivity index (χ2v) is 5.20. The van der Waals surface area contributed by atoms with Crippen molar-refractivity contribution in [3.05, 3.63) is 0 Å². The molecule has 1 aliphatic heterocycles. The van der Waals surface area contributed by atoms with Gasteiger partial charge in [0.25, 0.3) is 0 Å². The summed E-state index contributed by atoms with van der Waals surface area (Å²) < 4.78 is 5.19. The van der Waals surface area contributed by atoms with Crippen LogP contribution in [0.3, 0.4) is 0 Å². The molecule has 0 amide bonds. The number of nitrogens with zero attached hydrogens (tertiary/aromatic N) is 1. The Bertz CT molecular complexity index is 235. The summed E-state index contributed by atoms with van der Waals surface area (Å²) in [5.74, 6) is 0. The van der Waals surface area contributed by atoms with Crippen molar-refractivity contribution in [3.8, 4) is 12.5 Å². The predicted molar refractivity (Wildman–Crippen MR) is 54.7 cm³/mol. The summed E-state index contributed by atoms with van der Waals surface area (Å²) in [6, 6.07) is 0. The number of ether oxygens (including phenoxy) is 1. The molecule has 1 fully saturated rings. The molecule has 0 aromatic rings. The number of hydroxylamine groups is 2. The van der Waals surface area contributed by atoms with Crippen molar-refractivity contribution in [1.29, 1.82) is 0 Å².